The molecular formula is C58H75N9O8S. The van der Waals surface area contributed by atoms with E-state index in [1.54, 1.807) is 31.3 Å². The van der Waals surface area contributed by atoms with Gasteiger partial charge in [0.05, 0.1) is 47.7 Å². The second-order valence-corrected chi connectivity index (χ2v) is 23.0. The van der Waals surface area contributed by atoms with Crippen LogP contribution >= 0.6 is 12.2 Å². The number of hydrogen-bond acceptors (Lipinski definition) is 12. The normalized spacial score (nSPS) is 22.9. The van der Waals surface area contributed by atoms with Crippen LogP contribution in [0.3, 0.4) is 0 Å². The number of aromatic nitrogens is 2. The summed E-state index contributed by atoms with van der Waals surface area (Å²) in [4.78, 5) is 83.1. The van der Waals surface area contributed by atoms with Gasteiger partial charge in [-0.1, -0.05) is 76.3 Å². The zero-order valence-corrected chi connectivity index (χ0v) is 46.4. The van der Waals surface area contributed by atoms with Gasteiger partial charge in [-0.15, -0.1) is 0 Å². The van der Waals surface area contributed by atoms with Crippen LogP contribution < -0.4 is 10.7 Å². The van der Waals surface area contributed by atoms with Crippen LogP contribution in [0.2, 0.25) is 0 Å². The Morgan fingerprint density at radius 2 is 1.76 bits per heavy atom. The summed E-state index contributed by atoms with van der Waals surface area (Å²) in [6, 6.07) is 16.6. The molecule has 9 rings (SSSR count). The van der Waals surface area contributed by atoms with Gasteiger partial charge in [-0.05, 0) is 106 Å². The number of aryl methyl sites for hydroxylation is 1. The van der Waals surface area contributed by atoms with Gasteiger partial charge in [0.1, 0.15) is 18.2 Å². The highest BCUT2D eigenvalue weighted by atomic mass is 32.1. The van der Waals surface area contributed by atoms with E-state index < -0.39 is 52.9 Å². The number of hydrazine groups is 1. The Morgan fingerprint density at radius 3 is 2.49 bits per heavy atom. The number of carbonyl (C=O) groups excluding carboxylic acids is 5. The molecule has 2 N–H and O–H groups in total. The second-order valence-electron chi connectivity index (χ2n) is 22.6. The molecule has 6 bridgehead atoms. The van der Waals surface area contributed by atoms with Crippen LogP contribution in [0.4, 0.5) is 4.79 Å². The number of nitrogens with one attached hydrogen (secondary N) is 2. The zero-order valence-electron chi connectivity index (χ0n) is 45.6. The number of benzene rings is 2. The average molecular weight is 1060 g/mol. The van der Waals surface area contributed by atoms with Crippen molar-refractivity contribution in [2.75, 3.05) is 80.7 Å². The molecule has 17 nitrogen and oxygen atoms in total. The van der Waals surface area contributed by atoms with Crippen molar-refractivity contribution in [3.05, 3.63) is 89.8 Å². The Bertz CT molecular complexity index is 2910. The summed E-state index contributed by atoms with van der Waals surface area (Å²) in [7, 11) is 7.24. The molecule has 1 aliphatic carbocycles. The number of pyridine rings is 1. The lowest BCUT2D eigenvalue weighted by molar-refractivity contribution is -0.156. The maximum absolute atomic E-state index is 15.0. The van der Waals surface area contributed by atoms with Crippen LogP contribution in [0.25, 0.3) is 33.3 Å². The molecule has 4 aliphatic heterocycles. The van der Waals surface area contributed by atoms with Gasteiger partial charge in [0, 0.05) is 93.5 Å². The fraction of sp³-hybridized carbons (Fsp3) is 0.534. The molecule has 4 aromatic rings. The number of rotatable bonds is 9. The van der Waals surface area contributed by atoms with Crippen LogP contribution in [0.5, 0.6) is 0 Å². The third-order valence-electron chi connectivity index (χ3n) is 16.2. The number of urea groups is 1. The smallest absolute Gasteiger partial charge is 0.324 e. The molecule has 5 amide bonds. The summed E-state index contributed by atoms with van der Waals surface area (Å²) < 4.78 is 21.3. The van der Waals surface area contributed by atoms with Gasteiger partial charge in [0.2, 0.25) is 17.7 Å². The number of hydrogen-bond donors (Lipinski definition) is 2. The van der Waals surface area contributed by atoms with E-state index in [2.05, 4.69) is 72.5 Å². The molecule has 5 aliphatic rings. The van der Waals surface area contributed by atoms with E-state index in [-0.39, 0.29) is 41.8 Å². The Balaban J connectivity index is 0.987. The number of methoxy groups -OCH3 is 1. The summed E-state index contributed by atoms with van der Waals surface area (Å²) in [5.41, 5.74) is 9.84. The Hall–Kier alpha value is -6.05. The van der Waals surface area contributed by atoms with E-state index in [9.17, 15) is 24.0 Å². The number of carbonyl (C=O) groups is 5. The summed E-state index contributed by atoms with van der Waals surface area (Å²) in [5.74, 6) is -3.04. The molecule has 5 atom stereocenters. The van der Waals surface area contributed by atoms with Gasteiger partial charge >= 0.3 is 12.0 Å². The molecule has 0 radical (unpaired) electrons. The first kappa shape index (κ1) is 54.7. The highest BCUT2D eigenvalue weighted by Crippen LogP contribution is 2.57. The first-order valence-corrected chi connectivity index (χ1v) is 27.3. The van der Waals surface area contributed by atoms with E-state index in [4.69, 9.17) is 31.4 Å². The lowest BCUT2D eigenvalue weighted by Crippen LogP contribution is -2.61. The Kier molecular flexibility index (Phi) is 16.2. The fourth-order valence-electron chi connectivity index (χ4n) is 12.3. The van der Waals surface area contributed by atoms with Crippen molar-refractivity contribution in [2.24, 2.45) is 17.3 Å². The van der Waals surface area contributed by atoms with Crippen molar-refractivity contribution in [1.29, 1.82) is 0 Å². The molecule has 18 heteroatoms. The van der Waals surface area contributed by atoms with Gasteiger partial charge < -0.3 is 43.7 Å². The molecule has 76 heavy (non-hydrogen) atoms. The second kappa shape index (κ2) is 22.5. The summed E-state index contributed by atoms with van der Waals surface area (Å²) in [6.07, 6.45) is 7.04. The number of piperidine rings is 1. The molecule has 406 valence electrons. The summed E-state index contributed by atoms with van der Waals surface area (Å²) in [5, 5.41) is 5.46. The number of ether oxygens (including phenoxy) is 3. The van der Waals surface area contributed by atoms with Crippen LogP contribution in [-0.4, -0.2) is 167 Å². The highest BCUT2D eigenvalue weighted by Gasteiger charge is 2.48. The number of amides is 5. The standard InChI is InChI=1S/C58H75N9O8S/c1-10-66-44-21-20-39-33-41(44)46-47(51(73-9)48-40(50(46)66)17-12-24-59-48)57(4,5)35-74-55(71)43-18-13-26-67(61-43)54(70)42(32-37-15-11-16-38(39)31-37)53(76)60-52(69)49(36(2)3)63(8)56(72)64-27-22-58(23-28-64)34-65(29-30-75-58)45(68)19-14-25-62(6)7/h11-12,14-17,19-21,24,31,33,36,42-43,47,49,51,61H,10,13,18,22-23,25-30,32,34-35H2,1-9H3,(H,60,69,76)/b19-14+/t42-,43+,47?,49+,51+/m1/s1. The Labute approximate surface area is 452 Å². The quantitative estimate of drug-likeness (QED) is 0.103. The number of likely N-dealkylation sites (tertiary alicyclic amines) is 1. The van der Waals surface area contributed by atoms with Gasteiger partial charge in [-0.2, -0.15) is 0 Å². The van der Waals surface area contributed by atoms with Crippen LogP contribution in [0.1, 0.15) is 89.1 Å². The van der Waals surface area contributed by atoms with Crippen molar-refractivity contribution in [1.82, 2.24) is 44.9 Å². The molecule has 0 saturated carbocycles. The number of morpholine rings is 1. The number of likely N-dealkylation sites (N-methyl/N-ethyl adjacent to an activating group) is 2. The van der Waals surface area contributed by atoms with Crippen molar-refractivity contribution in [3.63, 3.8) is 0 Å². The number of esters is 1. The topological polar surface area (TPSA) is 171 Å². The van der Waals surface area contributed by atoms with Gasteiger partial charge in [-0.25, -0.2) is 10.2 Å². The number of cyclic esters (lactones) is 1. The van der Waals surface area contributed by atoms with Gasteiger partial charge in [0.15, 0.2) is 0 Å². The fourth-order valence-corrected chi connectivity index (χ4v) is 12.6. The van der Waals surface area contributed by atoms with Crippen LogP contribution in [0, 0.1) is 17.3 Å². The first-order chi connectivity index (χ1) is 36.3. The van der Waals surface area contributed by atoms with Crippen molar-refractivity contribution < 1.29 is 38.2 Å². The highest BCUT2D eigenvalue weighted by molar-refractivity contribution is 7.80. The molecule has 2 aromatic heterocycles. The minimum Gasteiger partial charge on any atom is -0.464 e. The molecule has 3 fully saturated rings. The third kappa shape index (κ3) is 10.8. The zero-order chi connectivity index (χ0) is 54.2. The number of fused-ring (bicyclic) bond motifs is 8. The molecule has 2 aromatic carbocycles. The monoisotopic (exact) mass is 1060 g/mol. The van der Waals surface area contributed by atoms with Gasteiger partial charge in [0.25, 0.3) is 0 Å². The third-order valence-corrected chi connectivity index (χ3v) is 16.6. The molecule has 6 heterocycles. The van der Waals surface area contributed by atoms with Crippen LogP contribution in [-0.2, 0) is 46.4 Å². The maximum atomic E-state index is 15.0. The van der Waals surface area contributed by atoms with E-state index in [1.807, 2.05) is 62.0 Å². The van der Waals surface area contributed by atoms with E-state index in [1.165, 1.54) is 9.91 Å². The number of thiocarbonyl (C=S) groups is 1. The molecular weight excluding hydrogens is 983 g/mol. The molecule has 1 unspecified atom stereocenters. The lowest BCUT2D eigenvalue weighted by atomic mass is 9.67. The largest absolute Gasteiger partial charge is 0.464 e. The maximum Gasteiger partial charge on any atom is 0.324 e. The summed E-state index contributed by atoms with van der Waals surface area (Å²) >= 11 is 6.08. The predicted molar refractivity (Wildman–Crippen MR) is 295 cm³/mol. The van der Waals surface area contributed by atoms with Crippen molar-refractivity contribution in [3.8, 4) is 22.4 Å². The van der Waals surface area contributed by atoms with E-state index in [0.29, 0.717) is 78.1 Å². The van der Waals surface area contributed by atoms with Crippen molar-refractivity contribution >= 4 is 57.8 Å². The minimum atomic E-state index is -1.03. The van der Waals surface area contributed by atoms with E-state index >= 15 is 0 Å². The lowest BCUT2D eigenvalue weighted by Gasteiger charge is -2.47. The predicted octanol–water partition coefficient (Wildman–Crippen LogP) is 6.74. The van der Waals surface area contributed by atoms with Gasteiger partial charge in [-0.3, -0.25) is 29.2 Å². The number of nitrogens with zero attached hydrogens (tertiary/aromatic N) is 7. The van der Waals surface area contributed by atoms with E-state index in [0.717, 1.165) is 50.1 Å². The molecule has 3 saturated heterocycles. The van der Waals surface area contributed by atoms with Crippen molar-refractivity contribution in [2.45, 2.75) is 103 Å². The summed E-state index contributed by atoms with van der Waals surface area (Å²) in [6.45, 7) is 14.0. The first-order valence-electron chi connectivity index (χ1n) is 26.9. The average Bonchev–Trinajstić information content (AvgIpc) is 3.83. The minimum absolute atomic E-state index is 0.0158. The Morgan fingerprint density at radius 1 is 1.00 bits per heavy atom. The van der Waals surface area contributed by atoms with Crippen LogP contribution in [0.15, 0.2) is 72.9 Å². The molecule has 1 spiro atoms. The SMILES string of the molecule is CCn1c2c3c4cc(ccc41)-c1cccc(c1)C[C@H](C(=S)NC(=O)[C@H](C(C)C)N(C)C(=O)N1CCC4(CC1)CN(C(=O)/C=C/CN(C)C)CCO4)C(=O)N1CCC[C@H](N1)C(=O)OCC(C)(C)C3[C@H](OC)c1ncccc1-2.